The molecular weight excluding hydrogens is 416 g/mol. The van der Waals surface area contributed by atoms with Crippen molar-refractivity contribution in [2.75, 3.05) is 7.11 Å². The van der Waals surface area contributed by atoms with Crippen molar-refractivity contribution < 1.29 is 28.2 Å². The molecule has 0 aromatic heterocycles. The summed E-state index contributed by atoms with van der Waals surface area (Å²) >= 11 is 0. The number of rotatable bonds is 5. The van der Waals surface area contributed by atoms with Crippen LogP contribution in [0.1, 0.15) is 34.8 Å². The van der Waals surface area contributed by atoms with E-state index in [0.717, 1.165) is 29.3 Å². The molecule has 2 atom stereocenters. The lowest BCUT2D eigenvalue weighted by atomic mass is 10.0. The third-order valence-corrected chi connectivity index (χ3v) is 5.71. The predicted octanol–water partition coefficient (Wildman–Crippen LogP) is 5.07. The number of likely N-dealkylation sites (tertiary alicyclic amines) is 1. The van der Waals surface area contributed by atoms with Gasteiger partial charge in [-0.2, -0.15) is 0 Å². The molecule has 32 heavy (non-hydrogen) atoms. The molecule has 3 aromatic rings. The first-order chi connectivity index (χ1) is 15.4. The third kappa shape index (κ3) is 4.06. The summed E-state index contributed by atoms with van der Waals surface area (Å²) in [5.74, 6) is -2.80. The molecule has 164 valence electrons. The molecule has 1 saturated heterocycles. The minimum atomic E-state index is -1.16. The van der Waals surface area contributed by atoms with Crippen LogP contribution in [-0.2, 0) is 4.79 Å². The van der Waals surface area contributed by atoms with Crippen LogP contribution < -0.4 is 4.74 Å². The van der Waals surface area contributed by atoms with E-state index in [4.69, 9.17) is 4.74 Å². The number of nitrogens with zero attached hydrogens (tertiary/aromatic N) is 1. The minimum Gasteiger partial charge on any atom is -0.496 e. The second kappa shape index (κ2) is 8.78. The van der Waals surface area contributed by atoms with Gasteiger partial charge in [0.25, 0.3) is 5.91 Å². The lowest BCUT2D eigenvalue weighted by molar-refractivity contribution is -0.141. The standard InChI is InChI=1S/C25H21F2NO4/c1-32-23-13-16(7-8-20(23)15-5-3-2-4-6-15)24(29)28-21(9-10-22(28)25(30)31)17-11-18(26)14-19(27)12-17/h2-8,11-14,21-22H,9-10H2,1H3,(H,30,31)/t21-,22+/m1/s1. The summed E-state index contributed by atoms with van der Waals surface area (Å²) in [6.45, 7) is 0. The molecule has 3 aromatic carbocycles. The summed E-state index contributed by atoms with van der Waals surface area (Å²) in [4.78, 5) is 26.5. The lowest BCUT2D eigenvalue weighted by Gasteiger charge is -2.29. The van der Waals surface area contributed by atoms with Gasteiger partial charge in [0, 0.05) is 17.2 Å². The molecule has 4 rings (SSSR count). The van der Waals surface area contributed by atoms with Crippen LogP contribution in [-0.4, -0.2) is 35.0 Å². The van der Waals surface area contributed by atoms with Crippen LogP contribution in [0.5, 0.6) is 5.75 Å². The number of carboxylic acids is 1. The summed E-state index contributed by atoms with van der Waals surface area (Å²) < 4.78 is 33.1. The molecule has 0 bridgehead atoms. The van der Waals surface area contributed by atoms with Gasteiger partial charge >= 0.3 is 5.97 Å². The quantitative estimate of drug-likeness (QED) is 0.605. The molecule has 0 unspecified atom stereocenters. The fraction of sp³-hybridized carbons (Fsp3) is 0.200. The number of benzene rings is 3. The summed E-state index contributed by atoms with van der Waals surface area (Å²) in [5, 5.41) is 9.68. The molecular formula is C25H21F2NO4. The van der Waals surface area contributed by atoms with Crippen molar-refractivity contribution in [3.8, 4) is 16.9 Å². The Morgan fingerprint density at radius 1 is 0.969 bits per heavy atom. The van der Waals surface area contributed by atoms with Gasteiger partial charge in [0.05, 0.1) is 13.2 Å². The molecule has 0 radical (unpaired) electrons. The zero-order chi connectivity index (χ0) is 22.8. The van der Waals surface area contributed by atoms with E-state index in [1.807, 2.05) is 30.3 Å². The molecule has 1 N–H and O–H groups in total. The van der Waals surface area contributed by atoms with Gasteiger partial charge in [-0.05, 0) is 54.3 Å². The highest BCUT2D eigenvalue weighted by atomic mass is 19.1. The molecule has 5 nitrogen and oxygen atoms in total. The van der Waals surface area contributed by atoms with E-state index in [1.165, 1.54) is 12.0 Å². The van der Waals surface area contributed by atoms with Gasteiger partial charge in [0.1, 0.15) is 23.4 Å². The third-order valence-electron chi connectivity index (χ3n) is 5.71. The van der Waals surface area contributed by atoms with Crippen LogP contribution in [0.15, 0.2) is 66.7 Å². The molecule has 1 aliphatic heterocycles. The Labute approximate surface area is 183 Å². The number of carboxylic acid groups (broad SMARTS) is 1. The Hall–Kier alpha value is -3.74. The molecule has 1 aliphatic rings. The van der Waals surface area contributed by atoms with E-state index in [9.17, 15) is 23.5 Å². The molecule has 0 aliphatic carbocycles. The Balaban J connectivity index is 1.73. The molecule has 0 spiro atoms. The molecule has 1 amide bonds. The zero-order valence-electron chi connectivity index (χ0n) is 17.3. The van der Waals surface area contributed by atoms with Crippen LogP contribution in [0.2, 0.25) is 0 Å². The monoisotopic (exact) mass is 437 g/mol. The second-order valence-electron chi connectivity index (χ2n) is 7.64. The number of hydrogen-bond acceptors (Lipinski definition) is 3. The number of carbonyl (C=O) groups excluding carboxylic acids is 1. The van der Waals surface area contributed by atoms with Crippen molar-refractivity contribution in [3.63, 3.8) is 0 Å². The maximum Gasteiger partial charge on any atom is 0.326 e. The van der Waals surface area contributed by atoms with E-state index < -0.39 is 35.6 Å². The van der Waals surface area contributed by atoms with Crippen molar-refractivity contribution in [2.24, 2.45) is 0 Å². The van der Waals surface area contributed by atoms with E-state index in [2.05, 4.69) is 0 Å². The summed E-state index contributed by atoms with van der Waals surface area (Å²) in [6.07, 6.45) is 0.466. The topological polar surface area (TPSA) is 66.8 Å². The van der Waals surface area contributed by atoms with Gasteiger partial charge < -0.3 is 14.7 Å². The zero-order valence-corrected chi connectivity index (χ0v) is 17.3. The van der Waals surface area contributed by atoms with E-state index in [1.54, 1.807) is 18.2 Å². The van der Waals surface area contributed by atoms with Gasteiger partial charge in [0.15, 0.2) is 0 Å². The van der Waals surface area contributed by atoms with Crippen LogP contribution >= 0.6 is 0 Å². The summed E-state index contributed by atoms with van der Waals surface area (Å²) in [7, 11) is 1.49. The van der Waals surface area contributed by atoms with E-state index in [0.29, 0.717) is 5.75 Å². The first-order valence-electron chi connectivity index (χ1n) is 10.1. The van der Waals surface area contributed by atoms with Gasteiger partial charge in [0.2, 0.25) is 0 Å². The van der Waals surface area contributed by atoms with Crippen molar-refractivity contribution in [3.05, 3.63) is 89.5 Å². The Morgan fingerprint density at radius 3 is 2.28 bits per heavy atom. The number of methoxy groups -OCH3 is 1. The highest BCUT2D eigenvalue weighted by Gasteiger charge is 2.42. The highest BCUT2D eigenvalue weighted by molar-refractivity contribution is 5.98. The smallest absolute Gasteiger partial charge is 0.326 e. The highest BCUT2D eigenvalue weighted by Crippen LogP contribution is 2.39. The number of carbonyl (C=O) groups is 2. The number of hydrogen-bond donors (Lipinski definition) is 1. The molecule has 7 heteroatoms. The van der Waals surface area contributed by atoms with Crippen molar-refractivity contribution in [1.82, 2.24) is 4.90 Å². The van der Waals surface area contributed by atoms with Crippen LogP contribution in [0.3, 0.4) is 0 Å². The number of amides is 1. The molecule has 1 heterocycles. The maximum atomic E-state index is 13.8. The fourth-order valence-corrected chi connectivity index (χ4v) is 4.26. The summed E-state index contributed by atoms with van der Waals surface area (Å²) in [6, 6.07) is 15.6. The first-order valence-corrected chi connectivity index (χ1v) is 10.1. The van der Waals surface area contributed by atoms with Crippen molar-refractivity contribution >= 4 is 11.9 Å². The Morgan fingerprint density at radius 2 is 1.66 bits per heavy atom. The lowest BCUT2D eigenvalue weighted by Crippen LogP contribution is -2.41. The number of aliphatic carboxylic acids is 1. The number of ether oxygens (including phenoxy) is 1. The van der Waals surface area contributed by atoms with Crippen LogP contribution in [0.4, 0.5) is 8.78 Å². The van der Waals surface area contributed by atoms with Gasteiger partial charge in [-0.25, -0.2) is 13.6 Å². The molecule has 0 saturated carbocycles. The SMILES string of the molecule is COc1cc(C(=O)N2[C@@H](c3cc(F)cc(F)c3)CC[C@H]2C(=O)O)ccc1-c1ccccc1. The first kappa shape index (κ1) is 21.5. The minimum absolute atomic E-state index is 0.184. The normalized spacial score (nSPS) is 17.9. The van der Waals surface area contributed by atoms with Gasteiger partial charge in [-0.3, -0.25) is 4.79 Å². The summed E-state index contributed by atoms with van der Waals surface area (Å²) in [5.41, 5.74) is 2.15. The van der Waals surface area contributed by atoms with Gasteiger partial charge in [-0.15, -0.1) is 0 Å². The Kier molecular flexibility index (Phi) is 5.90. The molecule has 1 fully saturated rings. The largest absolute Gasteiger partial charge is 0.496 e. The van der Waals surface area contributed by atoms with Gasteiger partial charge in [-0.1, -0.05) is 30.3 Å². The number of halogens is 2. The second-order valence-corrected chi connectivity index (χ2v) is 7.64. The van der Waals surface area contributed by atoms with Crippen molar-refractivity contribution in [2.45, 2.75) is 24.9 Å². The fourth-order valence-electron chi connectivity index (χ4n) is 4.26. The predicted molar refractivity (Wildman–Crippen MR) is 114 cm³/mol. The average Bonchev–Trinajstić information content (AvgIpc) is 3.23. The van der Waals surface area contributed by atoms with Crippen LogP contribution in [0, 0.1) is 11.6 Å². The van der Waals surface area contributed by atoms with Crippen molar-refractivity contribution in [1.29, 1.82) is 0 Å². The Bertz CT molecular complexity index is 1150. The maximum absolute atomic E-state index is 13.8. The van der Waals surface area contributed by atoms with E-state index >= 15 is 0 Å². The van der Waals surface area contributed by atoms with Crippen LogP contribution in [0.25, 0.3) is 11.1 Å². The van der Waals surface area contributed by atoms with E-state index in [-0.39, 0.29) is 24.0 Å². The average molecular weight is 437 g/mol.